The van der Waals surface area contributed by atoms with Crippen LogP contribution in [0.5, 0.6) is 5.75 Å². The fourth-order valence-corrected chi connectivity index (χ4v) is 1.34. The first-order valence-corrected chi connectivity index (χ1v) is 5.19. The van der Waals surface area contributed by atoms with Crippen molar-refractivity contribution in [1.29, 1.82) is 0 Å². The van der Waals surface area contributed by atoms with Crippen molar-refractivity contribution < 1.29 is 4.74 Å². The molecule has 0 heterocycles. The van der Waals surface area contributed by atoms with E-state index in [0.29, 0.717) is 0 Å². The lowest BCUT2D eigenvalue weighted by atomic mass is 10.1. The third-order valence-corrected chi connectivity index (χ3v) is 2.07. The molecule has 0 N–H and O–H groups in total. The fraction of sp³-hybridized carbons (Fsp3) is 0.385. The minimum absolute atomic E-state index is 0.734. The van der Waals surface area contributed by atoms with E-state index in [2.05, 4.69) is 31.2 Å². The molecule has 0 saturated carbocycles. The van der Waals surface area contributed by atoms with Crippen LogP contribution in [0.25, 0.3) is 0 Å². The van der Waals surface area contributed by atoms with Gasteiger partial charge in [-0.15, -0.1) is 0 Å². The van der Waals surface area contributed by atoms with Crippen LogP contribution in [-0.2, 0) is 6.42 Å². The van der Waals surface area contributed by atoms with Crippen molar-refractivity contribution in [3.63, 3.8) is 0 Å². The van der Waals surface area contributed by atoms with E-state index in [1.54, 1.807) is 0 Å². The van der Waals surface area contributed by atoms with Crippen LogP contribution in [0.1, 0.15) is 25.8 Å². The van der Waals surface area contributed by atoms with Gasteiger partial charge < -0.3 is 4.74 Å². The summed E-state index contributed by atoms with van der Waals surface area (Å²) >= 11 is 0. The third kappa shape index (κ3) is 3.65. The van der Waals surface area contributed by atoms with Gasteiger partial charge >= 0.3 is 0 Å². The summed E-state index contributed by atoms with van der Waals surface area (Å²) in [5.41, 5.74) is 1.37. The van der Waals surface area contributed by atoms with Gasteiger partial charge in [-0.25, -0.2) is 0 Å². The van der Waals surface area contributed by atoms with Crippen LogP contribution in [0.3, 0.4) is 0 Å². The summed E-state index contributed by atoms with van der Waals surface area (Å²) in [5, 5.41) is 0. The zero-order chi connectivity index (χ0) is 10.2. The molecular weight excluding hydrogens is 172 g/mol. The van der Waals surface area contributed by atoms with Crippen molar-refractivity contribution in [2.24, 2.45) is 0 Å². The van der Waals surface area contributed by atoms with Crippen molar-refractivity contribution in [2.45, 2.75) is 26.7 Å². The highest BCUT2D eigenvalue weighted by Crippen LogP contribution is 2.13. The quantitative estimate of drug-likeness (QED) is 0.645. The van der Waals surface area contributed by atoms with Crippen LogP contribution in [0.2, 0.25) is 0 Å². The zero-order valence-electron chi connectivity index (χ0n) is 8.99. The van der Waals surface area contributed by atoms with Crippen molar-refractivity contribution in [3.05, 3.63) is 42.0 Å². The van der Waals surface area contributed by atoms with E-state index < -0.39 is 0 Å². The molecule has 14 heavy (non-hydrogen) atoms. The summed E-state index contributed by atoms with van der Waals surface area (Å²) in [7, 11) is 0. The van der Waals surface area contributed by atoms with Gasteiger partial charge in [-0.1, -0.05) is 24.3 Å². The number of rotatable bonds is 5. The highest BCUT2D eigenvalue weighted by molar-refractivity contribution is 5.27. The maximum absolute atomic E-state index is 5.37. The van der Waals surface area contributed by atoms with Crippen molar-refractivity contribution in [3.8, 4) is 5.75 Å². The van der Waals surface area contributed by atoms with Crippen molar-refractivity contribution in [1.82, 2.24) is 0 Å². The number of ether oxygens (including phenoxy) is 1. The van der Waals surface area contributed by atoms with Crippen LogP contribution < -0.4 is 4.74 Å². The predicted molar refractivity (Wildman–Crippen MR) is 60.7 cm³/mol. The molecule has 0 aromatic heterocycles. The Labute approximate surface area is 86.4 Å². The van der Waals surface area contributed by atoms with E-state index in [-0.39, 0.29) is 0 Å². The topological polar surface area (TPSA) is 9.23 Å². The van der Waals surface area contributed by atoms with Crippen molar-refractivity contribution >= 4 is 0 Å². The molecule has 1 aromatic carbocycles. The van der Waals surface area contributed by atoms with Gasteiger partial charge in [0.25, 0.3) is 0 Å². The monoisotopic (exact) mass is 190 g/mol. The molecule has 1 rings (SSSR count). The predicted octanol–water partition coefficient (Wildman–Crippen LogP) is 3.59. The molecule has 1 nitrogen and oxygen atoms in total. The van der Waals surface area contributed by atoms with Crippen LogP contribution in [-0.4, -0.2) is 6.61 Å². The molecule has 0 aliphatic carbocycles. The standard InChI is InChI=1S/C13H18O/c1-3-5-6-7-12-8-10-13(11-9-12)14-4-2/h3,5,8-11H,4,6-7H2,1-2H3. The van der Waals surface area contributed by atoms with E-state index in [1.165, 1.54) is 5.56 Å². The lowest BCUT2D eigenvalue weighted by Crippen LogP contribution is -1.91. The van der Waals surface area contributed by atoms with Gasteiger partial charge in [-0.05, 0) is 44.4 Å². The second-order valence-electron chi connectivity index (χ2n) is 3.18. The van der Waals surface area contributed by atoms with Crippen LogP contribution >= 0.6 is 0 Å². The van der Waals surface area contributed by atoms with Crippen molar-refractivity contribution in [2.75, 3.05) is 6.61 Å². The van der Waals surface area contributed by atoms with E-state index >= 15 is 0 Å². The second kappa shape index (κ2) is 6.25. The summed E-state index contributed by atoms with van der Waals surface area (Å²) < 4.78 is 5.37. The lowest BCUT2D eigenvalue weighted by molar-refractivity contribution is 0.340. The number of hydrogen-bond acceptors (Lipinski definition) is 1. The number of benzene rings is 1. The first kappa shape index (κ1) is 10.8. The normalized spacial score (nSPS) is 10.7. The lowest BCUT2D eigenvalue weighted by Gasteiger charge is -2.03. The summed E-state index contributed by atoms with van der Waals surface area (Å²) in [4.78, 5) is 0. The Bertz CT molecular complexity index is 272. The molecule has 0 bridgehead atoms. The molecule has 0 radical (unpaired) electrons. The molecule has 76 valence electrons. The van der Waals surface area contributed by atoms with Gasteiger partial charge in [-0.2, -0.15) is 0 Å². The van der Waals surface area contributed by atoms with E-state index in [4.69, 9.17) is 4.74 Å². The molecule has 1 heteroatoms. The first-order valence-electron chi connectivity index (χ1n) is 5.19. The minimum atomic E-state index is 0.734. The molecule has 0 aliphatic rings. The highest BCUT2D eigenvalue weighted by Gasteiger charge is 1.93. The Morgan fingerprint density at radius 2 is 1.93 bits per heavy atom. The number of hydrogen-bond donors (Lipinski definition) is 0. The van der Waals surface area contributed by atoms with Gasteiger partial charge in [0.1, 0.15) is 5.75 Å². The van der Waals surface area contributed by atoms with E-state index in [9.17, 15) is 0 Å². The number of allylic oxidation sites excluding steroid dienone is 2. The maximum Gasteiger partial charge on any atom is 0.119 e. The van der Waals surface area contributed by atoms with E-state index in [1.807, 2.05) is 19.1 Å². The Balaban J connectivity index is 2.46. The van der Waals surface area contributed by atoms with Gasteiger partial charge in [-0.3, -0.25) is 0 Å². The average Bonchev–Trinajstić information content (AvgIpc) is 2.21. The van der Waals surface area contributed by atoms with Gasteiger partial charge in [0.05, 0.1) is 6.61 Å². The summed E-state index contributed by atoms with van der Waals surface area (Å²) in [6.07, 6.45) is 6.51. The van der Waals surface area contributed by atoms with Gasteiger partial charge in [0.2, 0.25) is 0 Å². The van der Waals surface area contributed by atoms with Crippen LogP contribution in [0.15, 0.2) is 36.4 Å². The van der Waals surface area contributed by atoms with Gasteiger partial charge in [0, 0.05) is 0 Å². The first-order chi connectivity index (χ1) is 6.86. The molecule has 1 aromatic rings. The molecule has 0 saturated heterocycles. The molecule has 0 amide bonds. The third-order valence-electron chi connectivity index (χ3n) is 2.07. The number of aryl methyl sites for hydroxylation is 1. The molecular formula is C13H18O. The summed E-state index contributed by atoms with van der Waals surface area (Å²) in [6.45, 7) is 4.79. The Kier molecular flexibility index (Phi) is 4.84. The van der Waals surface area contributed by atoms with Gasteiger partial charge in [0.15, 0.2) is 0 Å². The summed E-state index contributed by atoms with van der Waals surface area (Å²) in [6, 6.07) is 8.34. The SMILES string of the molecule is CC=CCCc1ccc(OCC)cc1. The highest BCUT2D eigenvalue weighted by atomic mass is 16.5. The summed E-state index contributed by atoms with van der Waals surface area (Å²) in [5.74, 6) is 0.960. The Hall–Kier alpha value is -1.24. The molecule has 0 fully saturated rings. The molecule has 0 atom stereocenters. The van der Waals surface area contributed by atoms with Crippen LogP contribution in [0, 0.1) is 0 Å². The smallest absolute Gasteiger partial charge is 0.119 e. The minimum Gasteiger partial charge on any atom is -0.494 e. The Morgan fingerprint density at radius 3 is 2.50 bits per heavy atom. The fourth-order valence-electron chi connectivity index (χ4n) is 1.34. The molecule has 0 unspecified atom stereocenters. The maximum atomic E-state index is 5.37. The average molecular weight is 190 g/mol. The zero-order valence-corrected chi connectivity index (χ0v) is 8.99. The second-order valence-corrected chi connectivity index (χ2v) is 3.18. The molecule has 0 spiro atoms. The van der Waals surface area contributed by atoms with Crippen LogP contribution in [0.4, 0.5) is 0 Å². The van der Waals surface area contributed by atoms with E-state index in [0.717, 1.165) is 25.2 Å². The largest absolute Gasteiger partial charge is 0.494 e. The Morgan fingerprint density at radius 1 is 1.21 bits per heavy atom. The molecule has 0 aliphatic heterocycles.